The van der Waals surface area contributed by atoms with E-state index in [0.29, 0.717) is 27.4 Å². The minimum absolute atomic E-state index is 0.0466. The van der Waals surface area contributed by atoms with Gasteiger partial charge in [-0.25, -0.2) is 15.0 Å². The highest BCUT2D eigenvalue weighted by molar-refractivity contribution is 6.35. The van der Waals surface area contributed by atoms with E-state index in [2.05, 4.69) is 25.1 Å². The van der Waals surface area contributed by atoms with Gasteiger partial charge in [0.05, 0.1) is 23.0 Å². The van der Waals surface area contributed by atoms with Gasteiger partial charge >= 0.3 is 0 Å². The van der Waals surface area contributed by atoms with Crippen LogP contribution in [0.3, 0.4) is 0 Å². The monoisotopic (exact) mass is 414 g/mol. The first kappa shape index (κ1) is 18.5. The molecule has 1 spiro atoms. The van der Waals surface area contributed by atoms with Crippen molar-refractivity contribution in [2.45, 2.75) is 37.8 Å². The van der Waals surface area contributed by atoms with Gasteiger partial charge in [0.15, 0.2) is 0 Å². The number of nitrogen functional groups attached to an aromatic ring is 1. The molecule has 29 heavy (non-hydrogen) atoms. The average Bonchev–Trinajstić information content (AvgIpc) is 3.27. The third kappa shape index (κ3) is 2.92. The molecule has 1 aliphatic carbocycles. The molecule has 4 heterocycles. The molecule has 0 amide bonds. The van der Waals surface area contributed by atoms with Gasteiger partial charge in [0, 0.05) is 30.9 Å². The fourth-order valence-corrected chi connectivity index (χ4v) is 4.94. The van der Waals surface area contributed by atoms with Crippen molar-refractivity contribution in [1.29, 1.82) is 0 Å². The molecule has 2 unspecified atom stereocenters. The van der Waals surface area contributed by atoms with Gasteiger partial charge in [-0.05, 0) is 37.2 Å². The number of H-pyrrole nitrogens is 1. The van der Waals surface area contributed by atoms with E-state index in [4.69, 9.17) is 28.1 Å². The van der Waals surface area contributed by atoms with Gasteiger partial charge in [0.2, 0.25) is 5.65 Å². The molecule has 1 saturated carbocycles. The lowest BCUT2D eigenvalue weighted by atomic mass is 9.74. The molecule has 10 heteroatoms. The predicted molar refractivity (Wildman–Crippen MR) is 111 cm³/mol. The van der Waals surface area contributed by atoms with E-state index in [0.717, 1.165) is 44.6 Å². The summed E-state index contributed by atoms with van der Waals surface area (Å²) in [5.74, 6) is 1.05. The van der Waals surface area contributed by atoms with Gasteiger partial charge in [-0.15, -0.1) is 0 Å². The maximum Gasteiger partial charge on any atom is 0.202 e. The Labute approximate surface area is 172 Å². The Hall–Kier alpha value is -2.49. The number of pyridine rings is 1. The van der Waals surface area contributed by atoms with Crippen LogP contribution in [0.15, 0.2) is 18.5 Å². The first-order valence-corrected chi connectivity index (χ1v) is 10.2. The minimum atomic E-state index is -0.380. The third-order valence-corrected chi connectivity index (χ3v) is 6.98. The van der Waals surface area contributed by atoms with Crippen LogP contribution in [0.5, 0.6) is 0 Å². The van der Waals surface area contributed by atoms with Crippen LogP contribution < -0.4 is 16.4 Å². The Balaban J connectivity index is 1.40. The lowest BCUT2D eigenvalue weighted by molar-refractivity contribution is 0.113. The maximum absolute atomic E-state index is 10.1. The maximum atomic E-state index is 10.1. The van der Waals surface area contributed by atoms with Crippen molar-refractivity contribution >= 4 is 34.4 Å². The number of nitrogens with zero attached hydrogens (tertiary/aromatic N) is 5. The van der Waals surface area contributed by atoms with Crippen molar-refractivity contribution < 1.29 is 5.11 Å². The Bertz CT molecular complexity index is 1060. The van der Waals surface area contributed by atoms with Crippen LogP contribution in [0.2, 0.25) is 5.02 Å². The largest absolute Gasteiger partial charge is 0.391 e. The molecule has 3 aromatic heterocycles. The minimum Gasteiger partial charge on any atom is -0.391 e. The SMILES string of the molecule is Nc1nccc(-c2[nH]nc3nc(N4CCC5(CCC(O)C5N)CC4)cnc23)c1Cl. The fourth-order valence-electron chi connectivity index (χ4n) is 4.73. The van der Waals surface area contributed by atoms with Crippen molar-refractivity contribution in [2.24, 2.45) is 11.1 Å². The van der Waals surface area contributed by atoms with Gasteiger partial charge in [0.25, 0.3) is 0 Å². The summed E-state index contributed by atoms with van der Waals surface area (Å²) >= 11 is 6.30. The van der Waals surface area contributed by atoms with Gasteiger partial charge < -0.3 is 21.5 Å². The van der Waals surface area contributed by atoms with E-state index in [1.807, 2.05) is 0 Å². The highest BCUT2D eigenvalue weighted by Crippen LogP contribution is 2.46. The zero-order chi connectivity index (χ0) is 20.2. The van der Waals surface area contributed by atoms with E-state index in [-0.39, 0.29) is 23.4 Å². The van der Waals surface area contributed by atoms with Crippen LogP contribution in [0.25, 0.3) is 22.4 Å². The van der Waals surface area contributed by atoms with E-state index in [1.54, 1.807) is 18.5 Å². The number of rotatable bonds is 2. The molecule has 0 radical (unpaired) electrons. The number of aliphatic hydroxyl groups is 1. The topological polar surface area (TPSA) is 143 Å². The van der Waals surface area contributed by atoms with Crippen molar-refractivity contribution in [3.8, 4) is 11.3 Å². The zero-order valence-corrected chi connectivity index (χ0v) is 16.6. The molecule has 0 aromatic carbocycles. The second kappa shape index (κ2) is 6.79. The lowest BCUT2D eigenvalue weighted by Crippen LogP contribution is -2.50. The van der Waals surface area contributed by atoms with Gasteiger partial charge in [-0.3, -0.25) is 5.10 Å². The summed E-state index contributed by atoms with van der Waals surface area (Å²) in [6, 6.07) is 1.63. The lowest BCUT2D eigenvalue weighted by Gasteiger charge is -2.42. The number of hydrogen-bond acceptors (Lipinski definition) is 8. The number of aliphatic hydroxyl groups excluding tert-OH is 1. The van der Waals surface area contributed by atoms with E-state index in [1.165, 1.54) is 0 Å². The molecule has 2 atom stereocenters. The van der Waals surface area contributed by atoms with Crippen LogP contribution in [0.4, 0.5) is 11.6 Å². The molecular formula is C19H23ClN8O. The van der Waals surface area contributed by atoms with Crippen LogP contribution in [-0.4, -0.2) is 55.5 Å². The molecule has 0 bridgehead atoms. The molecule has 2 fully saturated rings. The average molecular weight is 415 g/mol. The Morgan fingerprint density at radius 2 is 2.03 bits per heavy atom. The van der Waals surface area contributed by atoms with Crippen LogP contribution in [0.1, 0.15) is 25.7 Å². The molecule has 1 saturated heterocycles. The smallest absolute Gasteiger partial charge is 0.202 e. The molecular weight excluding hydrogens is 392 g/mol. The number of halogens is 1. The quantitative estimate of drug-likeness (QED) is 0.496. The highest BCUT2D eigenvalue weighted by Gasteiger charge is 2.47. The summed E-state index contributed by atoms with van der Waals surface area (Å²) in [6.45, 7) is 1.68. The summed E-state index contributed by atoms with van der Waals surface area (Å²) in [4.78, 5) is 15.5. The van der Waals surface area contributed by atoms with Crippen LogP contribution in [-0.2, 0) is 0 Å². The van der Waals surface area contributed by atoms with E-state index < -0.39 is 0 Å². The summed E-state index contributed by atoms with van der Waals surface area (Å²) < 4.78 is 0. The molecule has 9 nitrogen and oxygen atoms in total. The molecule has 6 N–H and O–H groups in total. The summed E-state index contributed by atoms with van der Waals surface area (Å²) in [5, 5.41) is 17.7. The number of aromatic amines is 1. The van der Waals surface area contributed by atoms with Crippen molar-refractivity contribution in [1.82, 2.24) is 25.1 Å². The normalized spacial score (nSPS) is 23.9. The van der Waals surface area contributed by atoms with Crippen molar-refractivity contribution in [2.75, 3.05) is 23.7 Å². The number of hydrogen-bond donors (Lipinski definition) is 4. The third-order valence-electron chi connectivity index (χ3n) is 6.58. The van der Waals surface area contributed by atoms with Gasteiger partial charge in [-0.1, -0.05) is 11.6 Å². The number of fused-ring (bicyclic) bond motifs is 1. The molecule has 3 aromatic rings. The van der Waals surface area contributed by atoms with E-state index >= 15 is 0 Å². The number of piperidine rings is 1. The first-order chi connectivity index (χ1) is 14.0. The van der Waals surface area contributed by atoms with Crippen molar-refractivity contribution in [3.63, 3.8) is 0 Å². The molecule has 1 aliphatic heterocycles. The summed E-state index contributed by atoms with van der Waals surface area (Å²) in [5.41, 5.74) is 14.7. The molecule has 152 valence electrons. The number of nitrogens with one attached hydrogen (secondary N) is 1. The van der Waals surface area contributed by atoms with Crippen molar-refractivity contribution in [3.05, 3.63) is 23.5 Å². The second-order valence-corrected chi connectivity index (χ2v) is 8.42. The van der Waals surface area contributed by atoms with E-state index in [9.17, 15) is 5.11 Å². The molecule has 5 rings (SSSR count). The molecule has 2 aliphatic rings. The summed E-state index contributed by atoms with van der Waals surface area (Å²) in [7, 11) is 0. The van der Waals surface area contributed by atoms with Gasteiger partial charge in [0.1, 0.15) is 17.2 Å². The Morgan fingerprint density at radius 3 is 2.76 bits per heavy atom. The predicted octanol–water partition coefficient (Wildman–Crippen LogP) is 1.72. The Morgan fingerprint density at radius 1 is 1.24 bits per heavy atom. The standard InChI is InChI=1S/C19H23ClN8O/c20-13-10(2-6-23-17(13)22)14-15-18(27-26-14)25-12(9-24-15)28-7-4-19(5-8-28)3-1-11(29)16(19)21/h2,6,9,11,16,29H,1,3-5,7-8,21H2,(H2,22,23)(H,25,26,27). The number of anilines is 2. The first-order valence-electron chi connectivity index (χ1n) is 9.78. The Kier molecular flexibility index (Phi) is 4.34. The number of nitrogens with two attached hydrogens (primary N) is 2. The van der Waals surface area contributed by atoms with Crippen LogP contribution in [0, 0.1) is 5.41 Å². The second-order valence-electron chi connectivity index (χ2n) is 8.04. The van der Waals surface area contributed by atoms with Gasteiger partial charge in [-0.2, -0.15) is 5.10 Å². The number of aromatic nitrogens is 5. The highest BCUT2D eigenvalue weighted by atomic mass is 35.5. The zero-order valence-electron chi connectivity index (χ0n) is 15.8. The fraction of sp³-hybridized carbons (Fsp3) is 0.474. The summed E-state index contributed by atoms with van der Waals surface area (Å²) in [6.07, 6.45) is 6.66. The van der Waals surface area contributed by atoms with Crippen LogP contribution >= 0.6 is 11.6 Å².